The summed E-state index contributed by atoms with van der Waals surface area (Å²) in [5, 5.41) is 23.4. The fourth-order valence-corrected chi connectivity index (χ4v) is 3.44. The molecular weight excluding hydrogens is 312 g/mol. The molecule has 4 rings (SSSR count). The monoisotopic (exact) mass is 333 g/mol. The molecule has 1 aromatic carbocycles. The topological polar surface area (TPSA) is 75.9 Å². The Morgan fingerprint density at radius 1 is 1.16 bits per heavy atom. The van der Waals surface area contributed by atoms with E-state index in [1.54, 1.807) is 13.8 Å². The van der Waals surface area contributed by atoms with Crippen LogP contribution in [-0.2, 0) is 5.60 Å². The summed E-state index contributed by atoms with van der Waals surface area (Å²) in [5.74, 6) is 0.773. The molecule has 2 N–H and O–H groups in total. The Kier molecular flexibility index (Phi) is 3.44. The highest BCUT2D eigenvalue weighted by atomic mass is 16.3. The van der Waals surface area contributed by atoms with E-state index in [4.69, 9.17) is 0 Å². The number of nitrogens with zero attached hydrogens (tertiary/aromatic N) is 3. The summed E-state index contributed by atoms with van der Waals surface area (Å²) < 4.78 is 0. The van der Waals surface area contributed by atoms with Gasteiger partial charge in [0, 0.05) is 28.4 Å². The summed E-state index contributed by atoms with van der Waals surface area (Å²) in [6, 6.07) is 7.85. The summed E-state index contributed by atoms with van der Waals surface area (Å²) in [7, 11) is 0. The molecule has 1 aliphatic rings. The quantitative estimate of drug-likeness (QED) is 0.752. The second-order valence-corrected chi connectivity index (χ2v) is 6.98. The highest BCUT2D eigenvalue weighted by molar-refractivity contribution is 6.02. The standard InChI is InChI=1S/C20H21N4O/c1-5-14-11(2)22-19-16(14)18-15(10-21-19)17(23-24-18)12-6-8-13(9-7-12)20(3,4)25/h6-10,25H,5H2,1-4H3,(H,23,24). The predicted octanol–water partition coefficient (Wildman–Crippen LogP) is 4.24. The van der Waals surface area contributed by atoms with Gasteiger partial charge in [0.05, 0.1) is 11.1 Å². The fraction of sp³-hybridized carbons (Fsp3) is 0.300. The summed E-state index contributed by atoms with van der Waals surface area (Å²) >= 11 is 0. The van der Waals surface area contributed by atoms with Gasteiger partial charge in [-0.05, 0) is 38.3 Å². The highest BCUT2D eigenvalue weighted by Gasteiger charge is 2.25. The number of hydrogen-bond acceptors (Lipinski definition) is 3. The average Bonchev–Trinajstić information content (AvgIpc) is 3.13. The number of nitrogens with one attached hydrogen (secondary N) is 1. The van der Waals surface area contributed by atoms with E-state index in [0.29, 0.717) is 0 Å². The lowest BCUT2D eigenvalue weighted by atomic mass is 9.96. The Labute approximate surface area is 146 Å². The molecule has 0 bridgehead atoms. The normalized spacial score (nSPS) is 14.1. The van der Waals surface area contributed by atoms with Crippen molar-refractivity contribution in [2.24, 2.45) is 0 Å². The van der Waals surface area contributed by atoms with Gasteiger partial charge < -0.3 is 5.11 Å². The van der Waals surface area contributed by atoms with Gasteiger partial charge in [0.1, 0.15) is 5.69 Å². The van der Waals surface area contributed by atoms with Crippen LogP contribution in [-0.4, -0.2) is 20.3 Å². The maximum absolute atomic E-state index is 10.1. The first-order chi connectivity index (χ1) is 11.9. The molecule has 0 fully saturated rings. The predicted molar refractivity (Wildman–Crippen MR) is 99.2 cm³/mol. The van der Waals surface area contributed by atoms with Gasteiger partial charge >= 0.3 is 0 Å². The minimum atomic E-state index is -0.853. The number of aromatic nitrogens is 3. The molecule has 3 aromatic rings. The first kappa shape index (κ1) is 15.8. The van der Waals surface area contributed by atoms with E-state index in [1.165, 1.54) is 5.57 Å². The smallest absolute Gasteiger partial charge is 0.161 e. The van der Waals surface area contributed by atoms with Crippen LogP contribution in [0.3, 0.4) is 0 Å². The SMILES string of the molecule is CCC1=C(C)[N]c2ncc3c(-c4ccc(C(C)(C)O)cc4)n[nH]c3c21. The molecule has 127 valence electrons. The number of hydrogen-bond donors (Lipinski definition) is 2. The third-order valence-electron chi connectivity index (χ3n) is 4.82. The van der Waals surface area contributed by atoms with Gasteiger partial charge in [0.2, 0.25) is 0 Å². The van der Waals surface area contributed by atoms with Crippen LogP contribution in [0, 0.1) is 0 Å². The highest BCUT2D eigenvalue weighted by Crippen LogP contribution is 2.40. The molecule has 5 heteroatoms. The molecule has 2 aromatic heterocycles. The maximum Gasteiger partial charge on any atom is 0.161 e. The third kappa shape index (κ3) is 2.43. The molecule has 0 saturated heterocycles. The number of fused-ring (bicyclic) bond motifs is 3. The summed E-state index contributed by atoms with van der Waals surface area (Å²) in [6.45, 7) is 7.72. The minimum Gasteiger partial charge on any atom is -0.386 e. The summed E-state index contributed by atoms with van der Waals surface area (Å²) in [5.41, 5.74) is 6.20. The Bertz CT molecular complexity index is 991. The van der Waals surface area contributed by atoms with Crippen molar-refractivity contribution in [2.45, 2.75) is 39.7 Å². The Hall–Kier alpha value is -2.66. The van der Waals surface area contributed by atoms with Crippen molar-refractivity contribution in [3.63, 3.8) is 0 Å². The second kappa shape index (κ2) is 5.43. The number of aromatic amines is 1. The first-order valence-electron chi connectivity index (χ1n) is 8.52. The molecule has 0 spiro atoms. The van der Waals surface area contributed by atoms with Gasteiger partial charge in [-0.3, -0.25) is 5.10 Å². The van der Waals surface area contributed by atoms with Crippen LogP contribution in [0.2, 0.25) is 0 Å². The van der Waals surface area contributed by atoms with Crippen LogP contribution in [0.15, 0.2) is 36.2 Å². The molecule has 0 unspecified atom stereocenters. The van der Waals surface area contributed by atoms with E-state index in [9.17, 15) is 5.11 Å². The van der Waals surface area contributed by atoms with E-state index in [-0.39, 0.29) is 0 Å². The van der Waals surface area contributed by atoms with Crippen LogP contribution < -0.4 is 5.32 Å². The zero-order chi connectivity index (χ0) is 17.8. The number of aliphatic hydroxyl groups is 1. The largest absolute Gasteiger partial charge is 0.386 e. The van der Waals surface area contributed by atoms with Crippen LogP contribution in [0.1, 0.15) is 45.2 Å². The molecule has 1 radical (unpaired) electrons. The van der Waals surface area contributed by atoms with E-state index in [1.807, 2.05) is 37.4 Å². The van der Waals surface area contributed by atoms with Crippen LogP contribution in [0.25, 0.3) is 27.7 Å². The Morgan fingerprint density at radius 3 is 2.52 bits per heavy atom. The molecule has 25 heavy (non-hydrogen) atoms. The van der Waals surface area contributed by atoms with Crippen molar-refractivity contribution in [2.75, 3.05) is 0 Å². The van der Waals surface area contributed by atoms with E-state index >= 15 is 0 Å². The minimum absolute atomic E-state index is 0.773. The van der Waals surface area contributed by atoms with Gasteiger partial charge in [-0.25, -0.2) is 10.3 Å². The first-order valence-corrected chi connectivity index (χ1v) is 8.52. The molecule has 0 atom stereocenters. The Morgan fingerprint density at radius 2 is 1.88 bits per heavy atom. The third-order valence-corrected chi connectivity index (χ3v) is 4.82. The molecular formula is C20H21N4O. The van der Waals surface area contributed by atoms with Crippen molar-refractivity contribution in [3.8, 4) is 11.3 Å². The van der Waals surface area contributed by atoms with Gasteiger partial charge in [0.15, 0.2) is 5.82 Å². The molecule has 1 aliphatic heterocycles. The molecule has 0 amide bonds. The van der Waals surface area contributed by atoms with Crippen LogP contribution >= 0.6 is 0 Å². The van der Waals surface area contributed by atoms with Crippen molar-refractivity contribution >= 4 is 22.3 Å². The summed E-state index contributed by atoms with van der Waals surface area (Å²) in [6.07, 6.45) is 2.75. The number of allylic oxidation sites excluding steroid dienone is 2. The van der Waals surface area contributed by atoms with Crippen molar-refractivity contribution in [1.82, 2.24) is 20.5 Å². The molecule has 0 aliphatic carbocycles. The fourth-order valence-electron chi connectivity index (χ4n) is 3.44. The average molecular weight is 333 g/mol. The van der Waals surface area contributed by atoms with Gasteiger partial charge in [-0.15, -0.1) is 0 Å². The van der Waals surface area contributed by atoms with Crippen molar-refractivity contribution in [3.05, 3.63) is 47.3 Å². The summed E-state index contributed by atoms with van der Waals surface area (Å²) in [4.78, 5) is 4.54. The molecule has 0 saturated carbocycles. The number of rotatable bonds is 3. The number of pyridine rings is 1. The lowest BCUT2D eigenvalue weighted by Crippen LogP contribution is -2.14. The van der Waals surface area contributed by atoms with Gasteiger partial charge in [0.25, 0.3) is 0 Å². The number of benzene rings is 1. The van der Waals surface area contributed by atoms with Gasteiger partial charge in [-0.2, -0.15) is 5.10 Å². The van der Waals surface area contributed by atoms with Crippen molar-refractivity contribution < 1.29 is 5.11 Å². The van der Waals surface area contributed by atoms with Crippen LogP contribution in [0.5, 0.6) is 0 Å². The number of H-pyrrole nitrogens is 1. The zero-order valence-electron chi connectivity index (χ0n) is 14.9. The van der Waals surface area contributed by atoms with Crippen molar-refractivity contribution in [1.29, 1.82) is 0 Å². The van der Waals surface area contributed by atoms with Crippen LogP contribution in [0.4, 0.5) is 5.82 Å². The van der Waals surface area contributed by atoms with Gasteiger partial charge in [-0.1, -0.05) is 31.2 Å². The lowest BCUT2D eigenvalue weighted by Gasteiger charge is -2.17. The zero-order valence-corrected chi connectivity index (χ0v) is 14.9. The molecule has 3 heterocycles. The second-order valence-electron chi connectivity index (χ2n) is 6.98. The molecule has 5 nitrogen and oxygen atoms in total. The van der Waals surface area contributed by atoms with E-state index < -0.39 is 5.60 Å². The van der Waals surface area contributed by atoms with E-state index in [0.717, 1.165) is 51.2 Å². The van der Waals surface area contributed by atoms with E-state index in [2.05, 4.69) is 27.4 Å². The maximum atomic E-state index is 10.1. The lowest BCUT2D eigenvalue weighted by molar-refractivity contribution is 0.0786. The Balaban J connectivity index is 1.85.